The molecule has 0 spiro atoms. The Morgan fingerprint density at radius 2 is 1.71 bits per heavy atom. The van der Waals surface area contributed by atoms with E-state index in [4.69, 9.17) is 16.6 Å². The Balaban J connectivity index is 1.77. The third kappa shape index (κ3) is 5.17. The van der Waals surface area contributed by atoms with Gasteiger partial charge in [-0.05, 0) is 84.9 Å². The Morgan fingerprint density at radius 1 is 1.00 bits per heavy atom. The molecule has 3 rings (SSSR count). The van der Waals surface area contributed by atoms with E-state index in [1.807, 2.05) is 6.34 Å². The van der Waals surface area contributed by atoms with Crippen LogP contribution < -0.4 is 0 Å². The highest BCUT2D eigenvalue weighted by Crippen LogP contribution is 2.31. The van der Waals surface area contributed by atoms with E-state index < -0.39 is 0 Å². The van der Waals surface area contributed by atoms with E-state index in [9.17, 15) is 0 Å². The number of hydrogen-bond donors (Lipinski definition) is 0. The van der Waals surface area contributed by atoms with Crippen molar-refractivity contribution in [3.8, 4) is 0 Å². The Kier molecular flexibility index (Phi) is 6.50. The predicted octanol–water partition coefficient (Wildman–Crippen LogP) is 6.99. The zero-order chi connectivity index (χ0) is 20.3. The number of hydrogen-bond acceptors (Lipinski definition) is 1. The quantitative estimate of drug-likeness (QED) is 0.401. The van der Waals surface area contributed by atoms with Gasteiger partial charge in [-0.2, -0.15) is 0 Å². The number of benzene rings is 2. The Bertz CT molecular complexity index is 856. The maximum atomic E-state index is 6.57. The summed E-state index contributed by atoms with van der Waals surface area (Å²) in [6.45, 7) is 13.2. The van der Waals surface area contributed by atoms with Gasteiger partial charge in [0.25, 0.3) is 0 Å². The van der Waals surface area contributed by atoms with Crippen molar-refractivity contribution in [1.82, 2.24) is 4.90 Å². The number of aryl methyl sites for hydroxylation is 2. The number of halogens is 1. The monoisotopic (exact) mass is 396 g/mol. The Hall–Kier alpha value is -1.80. The first kappa shape index (κ1) is 20.9. The minimum atomic E-state index is 0.0656. The molecule has 1 saturated heterocycles. The average Bonchev–Trinajstić information content (AvgIpc) is 2.63. The van der Waals surface area contributed by atoms with Crippen LogP contribution in [0.25, 0.3) is 0 Å². The molecule has 3 heteroatoms. The first-order valence-corrected chi connectivity index (χ1v) is 10.8. The summed E-state index contributed by atoms with van der Waals surface area (Å²) in [4.78, 5) is 7.11. The molecule has 28 heavy (non-hydrogen) atoms. The second kappa shape index (κ2) is 8.69. The summed E-state index contributed by atoms with van der Waals surface area (Å²) < 4.78 is 0. The van der Waals surface area contributed by atoms with Crippen LogP contribution in [-0.2, 0) is 11.8 Å². The van der Waals surface area contributed by atoms with Crippen molar-refractivity contribution in [3.63, 3.8) is 0 Å². The maximum Gasteiger partial charge on any atom is 0.0912 e. The topological polar surface area (TPSA) is 15.6 Å². The SMILES string of the molecule is Cc1cc(/N=C/N2CCCCC2)c(C)cc1Cc1ccc(C(C)(C)C)c(Cl)c1. The largest absolute Gasteiger partial charge is 0.363 e. The van der Waals surface area contributed by atoms with Crippen LogP contribution in [0.2, 0.25) is 5.02 Å². The number of likely N-dealkylation sites (tertiary alicyclic amines) is 1. The summed E-state index contributed by atoms with van der Waals surface area (Å²) in [7, 11) is 0. The van der Waals surface area contributed by atoms with Crippen molar-refractivity contribution in [2.24, 2.45) is 4.99 Å². The van der Waals surface area contributed by atoms with Crippen LogP contribution in [0.15, 0.2) is 35.3 Å². The summed E-state index contributed by atoms with van der Waals surface area (Å²) in [6.07, 6.45) is 6.83. The van der Waals surface area contributed by atoms with E-state index >= 15 is 0 Å². The molecular weight excluding hydrogens is 364 g/mol. The molecule has 1 fully saturated rings. The highest BCUT2D eigenvalue weighted by Gasteiger charge is 2.17. The van der Waals surface area contributed by atoms with Gasteiger partial charge in [-0.1, -0.05) is 50.6 Å². The predicted molar refractivity (Wildman–Crippen MR) is 122 cm³/mol. The minimum Gasteiger partial charge on any atom is -0.363 e. The second-order valence-corrected chi connectivity index (χ2v) is 9.55. The molecule has 1 aliphatic heterocycles. The summed E-state index contributed by atoms with van der Waals surface area (Å²) in [6, 6.07) is 11.0. The summed E-state index contributed by atoms with van der Waals surface area (Å²) in [5.74, 6) is 0. The molecule has 1 aliphatic rings. The fraction of sp³-hybridized carbons (Fsp3) is 0.480. The molecule has 1 heterocycles. The van der Waals surface area contributed by atoms with Crippen LogP contribution in [0, 0.1) is 13.8 Å². The van der Waals surface area contributed by atoms with Crippen LogP contribution in [0.4, 0.5) is 5.69 Å². The highest BCUT2D eigenvalue weighted by atomic mass is 35.5. The maximum absolute atomic E-state index is 6.57. The molecule has 0 aromatic heterocycles. The van der Waals surface area contributed by atoms with Gasteiger partial charge in [-0.25, -0.2) is 4.99 Å². The van der Waals surface area contributed by atoms with E-state index in [2.05, 4.69) is 69.9 Å². The molecule has 2 aromatic carbocycles. The first-order valence-electron chi connectivity index (χ1n) is 10.4. The standard InChI is InChI=1S/C25H33ClN2/c1-18-14-24(27-17-28-11-7-6-8-12-28)19(2)13-21(18)15-20-9-10-22(23(26)16-20)25(3,4)5/h9-10,13-14,16-17H,6-8,11-12,15H2,1-5H3/b27-17+. The zero-order valence-electron chi connectivity index (χ0n) is 18.0. The van der Waals surface area contributed by atoms with Crippen molar-refractivity contribution in [3.05, 3.63) is 63.2 Å². The van der Waals surface area contributed by atoms with E-state index in [0.717, 1.165) is 30.2 Å². The highest BCUT2D eigenvalue weighted by molar-refractivity contribution is 6.31. The van der Waals surface area contributed by atoms with Crippen LogP contribution in [0.5, 0.6) is 0 Å². The van der Waals surface area contributed by atoms with Gasteiger partial charge in [0.2, 0.25) is 0 Å². The zero-order valence-corrected chi connectivity index (χ0v) is 18.7. The van der Waals surface area contributed by atoms with Gasteiger partial charge in [0.05, 0.1) is 12.0 Å². The molecule has 0 aliphatic carbocycles. The minimum absolute atomic E-state index is 0.0656. The van der Waals surface area contributed by atoms with Gasteiger partial charge in [0.1, 0.15) is 0 Å². The lowest BCUT2D eigenvalue weighted by atomic mass is 9.86. The van der Waals surface area contributed by atoms with E-state index in [0.29, 0.717) is 0 Å². The average molecular weight is 397 g/mol. The molecule has 0 N–H and O–H groups in total. The van der Waals surface area contributed by atoms with Gasteiger partial charge >= 0.3 is 0 Å². The number of rotatable bonds is 4. The molecule has 0 atom stereocenters. The fourth-order valence-electron chi connectivity index (χ4n) is 3.86. The Morgan fingerprint density at radius 3 is 2.36 bits per heavy atom. The van der Waals surface area contributed by atoms with Crippen molar-refractivity contribution < 1.29 is 0 Å². The van der Waals surface area contributed by atoms with Crippen molar-refractivity contribution in [2.45, 2.75) is 65.7 Å². The molecule has 150 valence electrons. The van der Waals surface area contributed by atoms with E-state index in [1.165, 1.54) is 47.1 Å². The van der Waals surface area contributed by atoms with Gasteiger partial charge in [0, 0.05) is 18.1 Å². The third-order valence-electron chi connectivity index (χ3n) is 5.64. The molecule has 0 amide bonds. The van der Waals surface area contributed by atoms with Crippen LogP contribution in [0.3, 0.4) is 0 Å². The molecule has 2 nitrogen and oxygen atoms in total. The van der Waals surface area contributed by atoms with Crippen molar-refractivity contribution in [1.29, 1.82) is 0 Å². The lowest BCUT2D eigenvalue weighted by Crippen LogP contribution is -2.28. The molecule has 2 aromatic rings. The second-order valence-electron chi connectivity index (χ2n) is 9.15. The van der Waals surface area contributed by atoms with Gasteiger partial charge in [0.15, 0.2) is 0 Å². The van der Waals surface area contributed by atoms with Crippen molar-refractivity contribution >= 4 is 23.6 Å². The molecule has 0 unspecified atom stereocenters. The summed E-state index contributed by atoms with van der Waals surface area (Å²) in [5, 5.41) is 0.863. The lowest BCUT2D eigenvalue weighted by molar-refractivity contribution is 0.351. The number of piperidine rings is 1. The van der Waals surface area contributed by atoms with Gasteiger partial charge in [-0.3, -0.25) is 0 Å². The summed E-state index contributed by atoms with van der Waals surface area (Å²) >= 11 is 6.57. The fourth-order valence-corrected chi connectivity index (χ4v) is 4.35. The molecule has 0 bridgehead atoms. The van der Waals surface area contributed by atoms with Crippen LogP contribution >= 0.6 is 11.6 Å². The number of nitrogens with zero attached hydrogens (tertiary/aromatic N) is 2. The van der Waals surface area contributed by atoms with E-state index in [-0.39, 0.29) is 5.41 Å². The van der Waals surface area contributed by atoms with E-state index in [1.54, 1.807) is 0 Å². The molecule has 0 radical (unpaired) electrons. The normalized spacial score (nSPS) is 15.4. The van der Waals surface area contributed by atoms with Crippen LogP contribution in [-0.4, -0.2) is 24.3 Å². The number of aliphatic imine (C=N–C) groups is 1. The Labute approximate surface area is 175 Å². The smallest absolute Gasteiger partial charge is 0.0912 e. The van der Waals surface area contributed by atoms with Crippen LogP contribution in [0.1, 0.15) is 67.9 Å². The third-order valence-corrected chi connectivity index (χ3v) is 5.95. The van der Waals surface area contributed by atoms with Gasteiger partial charge in [-0.15, -0.1) is 0 Å². The lowest BCUT2D eigenvalue weighted by Gasteiger charge is -2.24. The first-order chi connectivity index (χ1) is 13.2. The molecular formula is C25H33ClN2. The summed E-state index contributed by atoms with van der Waals surface area (Å²) in [5.41, 5.74) is 7.45. The molecule has 0 saturated carbocycles. The van der Waals surface area contributed by atoms with Crippen molar-refractivity contribution in [2.75, 3.05) is 13.1 Å². The van der Waals surface area contributed by atoms with Gasteiger partial charge < -0.3 is 4.90 Å².